The molecule has 0 saturated carbocycles. The zero-order valence-corrected chi connectivity index (χ0v) is 7.50. The number of phenolic OH excluding ortho intramolecular Hbond substituents is 2. The fraction of sp³-hybridized carbons (Fsp3) is 0.200. The lowest BCUT2D eigenvalue weighted by atomic mass is 10.0. The number of carbonyl (C=O) groups excluding carboxylic acids is 2. The monoisotopic (exact) mass is 192 g/mol. The van der Waals surface area contributed by atoms with Crippen LogP contribution in [-0.2, 0) is 0 Å². The summed E-state index contributed by atoms with van der Waals surface area (Å²) in [4.78, 5) is 22.6. The first-order valence-electron chi connectivity index (χ1n) is 4.14. The van der Waals surface area contributed by atoms with E-state index in [1.165, 1.54) is 6.07 Å². The standard InChI is InChI=1S/C10H8O4/c1-4-2-5(11)8-6(12)3-7(13)9(8)10(4)14/h2,11,14H,3H2,1H3. The number of rotatable bonds is 0. The molecule has 0 atom stereocenters. The second kappa shape index (κ2) is 2.57. The molecule has 1 aliphatic carbocycles. The molecule has 72 valence electrons. The molecule has 0 amide bonds. The molecule has 0 bridgehead atoms. The maximum absolute atomic E-state index is 11.3. The fourth-order valence-electron chi connectivity index (χ4n) is 1.67. The average Bonchev–Trinajstić information content (AvgIpc) is 2.38. The number of hydrogen-bond acceptors (Lipinski definition) is 4. The molecule has 0 fully saturated rings. The van der Waals surface area contributed by atoms with Crippen molar-refractivity contribution in [2.24, 2.45) is 0 Å². The highest BCUT2D eigenvalue weighted by Gasteiger charge is 2.33. The molecule has 2 rings (SSSR count). The number of aryl methyl sites for hydroxylation is 1. The van der Waals surface area contributed by atoms with Crippen LogP contribution >= 0.6 is 0 Å². The Hall–Kier alpha value is -1.84. The lowest BCUT2D eigenvalue weighted by Gasteiger charge is -2.05. The number of fused-ring (bicyclic) bond motifs is 1. The Morgan fingerprint density at radius 2 is 1.71 bits per heavy atom. The van der Waals surface area contributed by atoms with Crippen molar-refractivity contribution in [1.82, 2.24) is 0 Å². The zero-order chi connectivity index (χ0) is 10.5. The molecule has 0 spiro atoms. The van der Waals surface area contributed by atoms with E-state index in [1.54, 1.807) is 6.92 Å². The third kappa shape index (κ3) is 0.937. The van der Waals surface area contributed by atoms with Gasteiger partial charge in [0.2, 0.25) is 0 Å². The Bertz CT molecular complexity index is 460. The van der Waals surface area contributed by atoms with Gasteiger partial charge in [-0.1, -0.05) is 0 Å². The first-order valence-corrected chi connectivity index (χ1v) is 4.14. The first kappa shape index (κ1) is 8.74. The van der Waals surface area contributed by atoms with Gasteiger partial charge >= 0.3 is 0 Å². The van der Waals surface area contributed by atoms with Crippen molar-refractivity contribution in [1.29, 1.82) is 0 Å². The Morgan fingerprint density at radius 3 is 2.36 bits per heavy atom. The Balaban J connectivity index is 2.86. The van der Waals surface area contributed by atoms with Gasteiger partial charge in [0.25, 0.3) is 0 Å². The molecule has 14 heavy (non-hydrogen) atoms. The molecule has 0 unspecified atom stereocenters. The van der Waals surface area contributed by atoms with Crippen molar-refractivity contribution in [3.8, 4) is 11.5 Å². The largest absolute Gasteiger partial charge is 0.507 e. The summed E-state index contributed by atoms with van der Waals surface area (Å²) in [5, 5.41) is 19.0. The van der Waals surface area contributed by atoms with E-state index in [0.29, 0.717) is 5.56 Å². The van der Waals surface area contributed by atoms with Crippen LogP contribution in [0.15, 0.2) is 6.07 Å². The van der Waals surface area contributed by atoms with Gasteiger partial charge in [-0.25, -0.2) is 0 Å². The van der Waals surface area contributed by atoms with Gasteiger partial charge in [-0.3, -0.25) is 9.59 Å². The highest BCUT2D eigenvalue weighted by Crippen LogP contribution is 2.38. The summed E-state index contributed by atoms with van der Waals surface area (Å²) >= 11 is 0. The second-order valence-electron chi connectivity index (χ2n) is 3.33. The lowest BCUT2D eigenvalue weighted by molar-refractivity contribution is 0.0922. The lowest BCUT2D eigenvalue weighted by Crippen LogP contribution is -1.94. The highest BCUT2D eigenvalue weighted by atomic mass is 16.3. The minimum atomic E-state index is -0.433. The normalized spacial score (nSPS) is 14.6. The molecule has 0 aliphatic heterocycles. The first-order chi connectivity index (χ1) is 6.52. The van der Waals surface area contributed by atoms with Gasteiger partial charge in [0, 0.05) is 0 Å². The summed E-state index contributed by atoms with van der Waals surface area (Å²) in [6, 6.07) is 1.28. The SMILES string of the molecule is Cc1cc(O)c2c(c1O)C(=O)CC2=O. The minimum absolute atomic E-state index is 0.0347. The van der Waals surface area contributed by atoms with E-state index in [2.05, 4.69) is 0 Å². The summed E-state index contributed by atoms with van der Waals surface area (Å²) in [5.41, 5.74) is 0.315. The van der Waals surface area contributed by atoms with Crippen LogP contribution in [0, 0.1) is 6.92 Å². The number of Topliss-reactive ketones (excluding diaryl/α,β-unsaturated/α-hetero) is 2. The van der Waals surface area contributed by atoms with E-state index < -0.39 is 11.6 Å². The number of aromatic hydroxyl groups is 2. The molecule has 0 radical (unpaired) electrons. The summed E-state index contributed by atoms with van der Waals surface area (Å²) in [5.74, 6) is -1.29. The van der Waals surface area contributed by atoms with E-state index in [4.69, 9.17) is 0 Å². The number of benzene rings is 1. The van der Waals surface area contributed by atoms with E-state index in [-0.39, 0.29) is 29.0 Å². The van der Waals surface area contributed by atoms with Gasteiger partial charge in [-0.2, -0.15) is 0 Å². The van der Waals surface area contributed by atoms with E-state index >= 15 is 0 Å². The summed E-state index contributed by atoms with van der Waals surface area (Å²) < 4.78 is 0. The summed E-state index contributed by atoms with van der Waals surface area (Å²) in [7, 11) is 0. The van der Waals surface area contributed by atoms with Crippen LogP contribution in [-0.4, -0.2) is 21.8 Å². The van der Waals surface area contributed by atoms with E-state index in [0.717, 1.165) is 0 Å². The number of carbonyl (C=O) groups is 2. The van der Waals surface area contributed by atoms with Gasteiger partial charge in [0.15, 0.2) is 11.6 Å². The second-order valence-corrected chi connectivity index (χ2v) is 3.33. The maximum Gasteiger partial charge on any atom is 0.175 e. The minimum Gasteiger partial charge on any atom is -0.507 e. The van der Waals surface area contributed by atoms with Crippen molar-refractivity contribution in [2.75, 3.05) is 0 Å². The predicted molar refractivity (Wildman–Crippen MR) is 47.8 cm³/mol. The smallest absolute Gasteiger partial charge is 0.175 e. The highest BCUT2D eigenvalue weighted by molar-refractivity contribution is 6.26. The van der Waals surface area contributed by atoms with E-state index in [9.17, 15) is 19.8 Å². The third-order valence-corrected chi connectivity index (χ3v) is 2.35. The van der Waals surface area contributed by atoms with Crippen LogP contribution in [0.25, 0.3) is 0 Å². The molecule has 4 nitrogen and oxygen atoms in total. The number of phenols is 2. The predicted octanol–water partition coefficient (Wildman–Crippen LogP) is 1.18. The fourth-order valence-corrected chi connectivity index (χ4v) is 1.67. The van der Waals surface area contributed by atoms with Crippen LogP contribution in [0.3, 0.4) is 0 Å². The summed E-state index contributed by atoms with van der Waals surface area (Å²) in [6.07, 6.45) is -0.264. The van der Waals surface area contributed by atoms with Crippen LogP contribution < -0.4 is 0 Å². The molecule has 1 aromatic rings. The van der Waals surface area contributed by atoms with Crippen molar-refractivity contribution in [3.05, 3.63) is 22.8 Å². The van der Waals surface area contributed by atoms with Gasteiger partial charge < -0.3 is 10.2 Å². The topological polar surface area (TPSA) is 74.6 Å². The molecule has 1 aliphatic rings. The average molecular weight is 192 g/mol. The quantitative estimate of drug-likeness (QED) is 0.478. The van der Waals surface area contributed by atoms with Crippen molar-refractivity contribution in [3.63, 3.8) is 0 Å². The summed E-state index contributed by atoms with van der Waals surface area (Å²) in [6.45, 7) is 1.56. The van der Waals surface area contributed by atoms with Crippen molar-refractivity contribution < 1.29 is 19.8 Å². The maximum atomic E-state index is 11.3. The molecule has 0 heterocycles. The van der Waals surface area contributed by atoms with Crippen LogP contribution in [0.1, 0.15) is 32.7 Å². The van der Waals surface area contributed by atoms with Gasteiger partial charge in [0.05, 0.1) is 17.5 Å². The van der Waals surface area contributed by atoms with Gasteiger partial charge in [0.1, 0.15) is 11.5 Å². The molecule has 0 saturated heterocycles. The number of hydrogen-bond donors (Lipinski definition) is 2. The van der Waals surface area contributed by atoms with Gasteiger partial charge in [-0.05, 0) is 18.6 Å². The van der Waals surface area contributed by atoms with Crippen LogP contribution in [0.2, 0.25) is 0 Å². The van der Waals surface area contributed by atoms with Gasteiger partial charge in [-0.15, -0.1) is 0 Å². The molecule has 2 N–H and O–H groups in total. The number of ketones is 2. The Morgan fingerprint density at radius 1 is 1.14 bits per heavy atom. The third-order valence-electron chi connectivity index (χ3n) is 2.35. The van der Waals surface area contributed by atoms with Crippen molar-refractivity contribution in [2.45, 2.75) is 13.3 Å². The molecular weight excluding hydrogens is 184 g/mol. The van der Waals surface area contributed by atoms with Crippen molar-refractivity contribution >= 4 is 11.6 Å². The van der Waals surface area contributed by atoms with Crippen LogP contribution in [0.5, 0.6) is 11.5 Å². The zero-order valence-electron chi connectivity index (χ0n) is 7.50. The molecule has 0 aromatic heterocycles. The Labute approximate surface area is 79.8 Å². The molecular formula is C10H8O4. The van der Waals surface area contributed by atoms with Crippen LogP contribution in [0.4, 0.5) is 0 Å². The molecule has 4 heteroatoms. The Kier molecular flexibility index (Phi) is 1.61. The molecule has 1 aromatic carbocycles. The van der Waals surface area contributed by atoms with E-state index in [1.807, 2.05) is 0 Å².